The SMILES string of the molecule is O=C(Oc1ccc2ccccc2c1)[C@@H]1O[C@@H]1c1ccccc1CCCCCCCCc1ccccc1. The van der Waals surface area contributed by atoms with E-state index in [4.69, 9.17) is 9.47 Å². The summed E-state index contributed by atoms with van der Waals surface area (Å²) in [4.78, 5) is 12.7. The van der Waals surface area contributed by atoms with Gasteiger partial charge in [-0.25, -0.2) is 4.79 Å². The Morgan fingerprint density at radius 3 is 2.17 bits per heavy atom. The van der Waals surface area contributed by atoms with Crippen LogP contribution in [0.3, 0.4) is 0 Å². The smallest absolute Gasteiger partial charge is 0.343 e. The minimum Gasteiger partial charge on any atom is -0.425 e. The largest absolute Gasteiger partial charge is 0.425 e. The van der Waals surface area contributed by atoms with Crippen LogP contribution < -0.4 is 4.74 Å². The highest BCUT2D eigenvalue weighted by atomic mass is 16.6. The van der Waals surface area contributed by atoms with E-state index in [1.165, 1.54) is 49.7 Å². The molecule has 0 saturated carbocycles. The first-order valence-electron chi connectivity index (χ1n) is 13.3. The van der Waals surface area contributed by atoms with Crippen molar-refractivity contribution in [1.82, 2.24) is 0 Å². The van der Waals surface area contributed by atoms with E-state index in [0.717, 1.165) is 29.2 Å². The van der Waals surface area contributed by atoms with Crippen molar-refractivity contribution in [2.45, 2.75) is 63.6 Å². The van der Waals surface area contributed by atoms with E-state index in [2.05, 4.69) is 48.5 Å². The molecule has 0 aliphatic carbocycles. The Balaban J connectivity index is 1.05. The quantitative estimate of drug-likeness (QED) is 0.0896. The average molecular weight is 479 g/mol. The van der Waals surface area contributed by atoms with E-state index < -0.39 is 6.10 Å². The van der Waals surface area contributed by atoms with Crippen LogP contribution in [-0.4, -0.2) is 12.1 Å². The van der Waals surface area contributed by atoms with Gasteiger partial charge in [0.15, 0.2) is 6.10 Å². The van der Waals surface area contributed by atoms with E-state index in [1.807, 2.05) is 48.5 Å². The first-order valence-corrected chi connectivity index (χ1v) is 13.3. The first-order chi connectivity index (χ1) is 17.8. The Morgan fingerprint density at radius 1 is 0.667 bits per heavy atom. The van der Waals surface area contributed by atoms with Crippen LogP contribution in [0.25, 0.3) is 10.8 Å². The predicted molar refractivity (Wildman–Crippen MR) is 145 cm³/mol. The molecule has 0 aromatic heterocycles. The van der Waals surface area contributed by atoms with Gasteiger partial charge in [0.05, 0.1) is 0 Å². The fraction of sp³-hybridized carbons (Fsp3) is 0.303. The molecule has 184 valence electrons. The predicted octanol–water partition coefficient (Wildman–Crippen LogP) is 8.01. The molecular weight excluding hydrogens is 444 g/mol. The van der Waals surface area contributed by atoms with Gasteiger partial charge in [-0.05, 0) is 65.3 Å². The van der Waals surface area contributed by atoms with Gasteiger partial charge in [-0.2, -0.15) is 0 Å². The summed E-state index contributed by atoms with van der Waals surface area (Å²) in [6, 6.07) is 32.9. The van der Waals surface area contributed by atoms with Crippen molar-refractivity contribution in [2.24, 2.45) is 0 Å². The highest BCUT2D eigenvalue weighted by molar-refractivity contribution is 5.86. The highest BCUT2D eigenvalue weighted by Crippen LogP contribution is 2.41. The number of hydrogen-bond donors (Lipinski definition) is 0. The van der Waals surface area contributed by atoms with Crippen LogP contribution in [0.1, 0.15) is 61.3 Å². The molecule has 3 nitrogen and oxygen atoms in total. The number of benzene rings is 4. The molecule has 2 atom stereocenters. The van der Waals surface area contributed by atoms with Gasteiger partial charge in [-0.1, -0.05) is 111 Å². The lowest BCUT2D eigenvalue weighted by Crippen LogP contribution is -2.15. The zero-order chi connectivity index (χ0) is 24.6. The molecule has 0 spiro atoms. The molecule has 4 aromatic rings. The Kier molecular flexibility index (Phi) is 8.10. The van der Waals surface area contributed by atoms with Gasteiger partial charge in [-0.3, -0.25) is 0 Å². The molecule has 1 aliphatic heterocycles. The van der Waals surface area contributed by atoms with Gasteiger partial charge in [0, 0.05) is 0 Å². The lowest BCUT2D eigenvalue weighted by molar-refractivity contribution is -0.135. The maximum atomic E-state index is 12.7. The third-order valence-electron chi connectivity index (χ3n) is 7.03. The molecule has 0 bridgehead atoms. The van der Waals surface area contributed by atoms with Crippen LogP contribution in [0.4, 0.5) is 0 Å². The fourth-order valence-corrected chi connectivity index (χ4v) is 4.97. The summed E-state index contributed by atoms with van der Waals surface area (Å²) in [5.74, 6) is 0.241. The van der Waals surface area contributed by atoms with Gasteiger partial charge in [-0.15, -0.1) is 0 Å². The molecule has 3 heteroatoms. The van der Waals surface area contributed by atoms with Crippen LogP contribution in [0, 0.1) is 0 Å². The molecule has 1 aliphatic rings. The van der Waals surface area contributed by atoms with E-state index in [1.54, 1.807) is 0 Å². The van der Waals surface area contributed by atoms with Gasteiger partial charge in [0.2, 0.25) is 0 Å². The highest BCUT2D eigenvalue weighted by Gasteiger charge is 2.48. The number of esters is 1. The summed E-state index contributed by atoms with van der Waals surface area (Å²) in [5, 5.41) is 2.18. The minimum atomic E-state index is -0.526. The number of unbranched alkanes of at least 4 members (excludes halogenated alkanes) is 5. The maximum Gasteiger partial charge on any atom is 0.343 e. The fourth-order valence-electron chi connectivity index (χ4n) is 4.97. The monoisotopic (exact) mass is 478 g/mol. The number of ether oxygens (including phenoxy) is 2. The summed E-state index contributed by atoms with van der Waals surface area (Å²) in [7, 11) is 0. The number of carbonyl (C=O) groups is 1. The zero-order valence-corrected chi connectivity index (χ0v) is 20.8. The van der Waals surface area contributed by atoms with Crippen molar-refractivity contribution in [3.63, 3.8) is 0 Å². The van der Waals surface area contributed by atoms with Gasteiger partial charge in [0.25, 0.3) is 0 Å². The second-order valence-electron chi connectivity index (χ2n) is 9.71. The second-order valence-corrected chi connectivity index (χ2v) is 9.71. The lowest BCUT2D eigenvalue weighted by Gasteiger charge is -2.08. The first kappa shape index (κ1) is 24.3. The molecule has 0 amide bonds. The Labute approximate surface area is 214 Å². The summed E-state index contributed by atoms with van der Waals surface area (Å²) >= 11 is 0. The van der Waals surface area contributed by atoms with Gasteiger partial charge < -0.3 is 9.47 Å². The van der Waals surface area contributed by atoms with Crippen LogP contribution in [0.5, 0.6) is 5.75 Å². The Bertz CT molecular complexity index is 1280. The van der Waals surface area contributed by atoms with Gasteiger partial charge in [0.1, 0.15) is 11.9 Å². The van der Waals surface area contributed by atoms with Crippen molar-refractivity contribution in [1.29, 1.82) is 0 Å². The normalized spacial score (nSPS) is 16.7. The van der Waals surface area contributed by atoms with E-state index in [0.29, 0.717) is 5.75 Å². The van der Waals surface area contributed by atoms with Crippen LogP contribution in [0.2, 0.25) is 0 Å². The van der Waals surface area contributed by atoms with E-state index in [9.17, 15) is 4.79 Å². The number of fused-ring (bicyclic) bond motifs is 1. The third kappa shape index (κ3) is 6.41. The summed E-state index contributed by atoms with van der Waals surface area (Å²) < 4.78 is 11.4. The number of epoxide rings is 1. The number of carbonyl (C=O) groups excluding carboxylic acids is 1. The summed E-state index contributed by atoms with van der Waals surface area (Å²) in [6.07, 6.45) is 9.00. The van der Waals surface area contributed by atoms with Crippen molar-refractivity contribution < 1.29 is 14.3 Å². The molecule has 0 N–H and O–H groups in total. The van der Waals surface area contributed by atoms with Crippen molar-refractivity contribution in [2.75, 3.05) is 0 Å². The number of aryl methyl sites for hydroxylation is 2. The number of rotatable bonds is 12. The molecular formula is C33H34O3. The number of hydrogen-bond acceptors (Lipinski definition) is 3. The van der Waals surface area contributed by atoms with E-state index >= 15 is 0 Å². The van der Waals surface area contributed by atoms with Crippen LogP contribution >= 0.6 is 0 Å². The molecule has 1 heterocycles. The average Bonchev–Trinajstić information content (AvgIpc) is 3.72. The van der Waals surface area contributed by atoms with Gasteiger partial charge >= 0.3 is 5.97 Å². The molecule has 0 unspecified atom stereocenters. The molecule has 36 heavy (non-hydrogen) atoms. The molecule has 4 aromatic carbocycles. The van der Waals surface area contributed by atoms with Crippen LogP contribution in [-0.2, 0) is 22.4 Å². The van der Waals surface area contributed by atoms with Crippen LogP contribution in [0.15, 0.2) is 97.1 Å². The molecule has 1 saturated heterocycles. The molecule has 0 radical (unpaired) electrons. The molecule has 5 rings (SSSR count). The standard InChI is InChI=1S/C33H34O3/c34-33(35-29-23-22-26-17-10-11-20-28(26)24-29)32-31(36-32)30-21-13-12-19-27(30)18-9-4-2-1-3-6-14-25-15-7-5-8-16-25/h5,7-8,10-13,15-17,19-24,31-32H,1-4,6,9,14,18H2/t31-,32-/m1/s1. The topological polar surface area (TPSA) is 38.8 Å². The summed E-state index contributed by atoms with van der Waals surface area (Å²) in [5.41, 5.74) is 3.85. The third-order valence-corrected chi connectivity index (χ3v) is 7.03. The lowest BCUT2D eigenvalue weighted by atomic mass is 9.97. The Morgan fingerprint density at radius 2 is 1.33 bits per heavy atom. The van der Waals surface area contributed by atoms with Crippen molar-refractivity contribution in [3.05, 3.63) is 114 Å². The van der Waals surface area contributed by atoms with Crippen molar-refractivity contribution >= 4 is 16.7 Å². The molecule has 1 fully saturated rings. The second kappa shape index (κ2) is 12.0. The summed E-state index contributed by atoms with van der Waals surface area (Å²) in [6.45, 7) is 0. The minimum absolute atomic E-state index is 0.202. The maximum absolute atomic E-state index is 12.7. The van der Waals surface area contributed by atoms with E-state index in [-0.39, 0.29) is 12.1 Å². The Hall–Kier alpha value is -3.43. The van der Waals surface area contributed by atoms with Crippen molar-refractivity contribution in [3.8, 4) is 5.75 Å². The zero-order valence-electron chi connectivity index (χ0n) is 20.8.